The maximum atomic E-state index is 12.5. The van der Waals surface area contributed by atoms with Crippen molar-refractivity contribution in [3.63, 3.8) is 0 Å². The van der Waals surface area contributed by atoms with Gasteiger partial charge in [0.2, 0.25) is 0 Å². The summed E-state index contributed by atoms with van der Waals surface area (Å²) in [7, 11) is 1.54. The summed E-state index contributed by atoms with van der Waals surface area (Å²) in [5.41, 5.74) is 0.815. The molecule has 4 bridgehead atoms. The lowest BCUT2D eigenvalue weighted by atomic mass is 9.47. The molecule has 4 saturated carbocycles. The summed E-state index contributed by atoms with van der Waals surface area (Å²) in [6.45, 7) is 1.61. The number of aryl methyl sites for hydroxylation is 1. The van der Waals surface area contributed by atoms with Crippen molar-refractivity contribution in [3.05, 3.63) is 23.8 Å². The Morgan fingerprint density at radius 3 is 2.57 bits per heavy atom. The number of methoxy groups -OCH3 is 1. The second kappa shape index (κ2) is 7.07. The molecule has 2 N–H and O–H groups in total. The Bertz CT molecular complexity index is 775. The van der Waals surface area contributed by atoms with E-state index in [1.807, 2.05) is 19.1 Å². The Morgan fingerprint density at radius 2 is 1.93 bits per heavy atom. The molecule has 152 valence electrons. The Morgan fingerprint density at radius 1 is 1.21 bits per heavy atom. The van der Waals surface area contributed by atoms with Crippen LogP contribution in [0.15, 0.2) is 18.2 Å². The number of carbonyl (C=O) groups excluding carboxylic acids is 2. The topological polar surface area (TPSA) is 84.9 Å². The summed E-state index contributed by atoms with van der Waals surface area (Å²) in [5.74, 6) is 0.873. The molecule has 1 aromatic rings. The van der Waals surface area contributed by atoms with E-state index < -0.39 is 5.60 Å². The van der Waals surface area contributed by atoms with Gasteiger partial charge in [-0.3, -0.25) is 9.59 Å². The van der Waals surface area contributed by atoms with Gasteiger partial charge in [-0.25, -0.2) is 0 Å². The molecule has 1 amide bonds. The second-order valence-corrected chi connectivity index (χ2v) is 9.27. The number of aliphatic hydroxyl groups is 1. The van der Waals surface area contributed by atoms with E-state index in [2.05, 4.69) is 5.32 Å². The minimum atomic E-state index is -0.594. The van der Waals surface area contributed by atoms with Gasteiger partial charge in [-0.05, 0) is 80.4 Å². The average molecular weight is 387 g/mol. The van der Waals surface area contributed by atoms with E-state index in [9.17, 15) is 14.7 Å². The van der Waals surface area contributed by atoms with Crippen LogP contribution in [0.2, 0.25) is 0 Å². The van der Waals surface area contributed by atoms with Gasteiger partial charge in [0.1, 0.15) is 5.75 Å². The zero-order chi connectivity index (χ0) is 19.9. The third-order valence-electron chi connectivity index (χ3n) is 6.66. The van der Waals surface area contributed by atoms with Crippen molar-refractivity contribution in [2.75, 3.05) is 19.0 Å². The van der Waals surface area contributed by atoms with Gasteiger partial charge in [0.25, 0.3) is 5.91 Å². The zero-order valence-electron chi connectivity index (χ0n) is 16.6. The van der Waals surface area contributed by atoms with Crippen molar-refractivity contribution in [2.24, 2.45) is 17.3 Å². The van der Waals surface area contributed by atoms with Crippen LogP contribution in [0.5, 0.6) is 5.75 Å². The lowest BCUT2D eigenvalue weighted by Gasteiger charge is -2.60. The summed E-state index contributed by atoms with van der Waals surface area (Å²) in [6, 6.07) is 5.50. The fourth-order valence-corrected chi connectivity index (χ4v) is 6.22. The molecule has 2 unspecified atom stereocenters. The van der Waals surface area contributed by atoms with Crippen molar-refractivity contribution in [3.8, 4) is 5.75 Å². The maximum Gasteiger partial charge on any atom is 0.306 e. The van der Waals surface area contributed by atoms with Crippen LogP contribution in [0, 0.1) is 24.2 Å². The minimum absolute atomic E-state index is 0.147. The number of amides is 1. The molecule has 0 spiro atoms. The van der Waals surface area contributed by atoms with E-state index in [4.69, 9.17) is 9.47 Å². The van der Waals surface area contributed by atoms with Crippen LogP contribution in [0.3, 0.4) is 0 Å². The summed E-state index contributed by atoms with van der Waals surface area (Å²) in [6.07, 6.45) is 5.90. The highest BCUT2D eigenvalue weighted by molar-refractivity contribution is 5.94. The number of rotatable bonds is 6. The fourth-order valence-electron chi connectivity index (χ4n) is 6.22. The molecule has 0 radical (unpaired) electrons. The minimum Gasteiger partial charge on any atom is -0.495 e. The molecule has 4 aliphatic carbocycles. The lowest BCUT2D eigenvalue weighted by molar-refractivity contribution is -0.177. The predicted octanol–water partition coefficient (Wildman–Crippen LogP) is 3.21. The number of carbonyl (C=O) groups is 2. The third kappa shape index (κ3) is 3.88. The standard InChI is InChI=1S/C22H29NO5/c1-14-3-4-18(27-2)17(5-14)23-19(24)12-28-20(25)11-21-7-15-6-16(8-21)10-22(26,9-15)13-21/h3-5,15-16,26H,6-13H2,1-2H3,(H,23,24)/t15-,16+,21?,22?. The van der Waals surface area contributed by atoms with Gasteiger partial charge in [-0.1, -0.05) is 6.07 Å². The van der Waals surface area contributed by atoms with E-state index in [1.54, 1.807) is 13.2 Å². The Kier molecular flexibility index (Phi) is 4.86. The molecule has 4 aliphatic rings. The molecule has 0 aromatic heterocycles. The van der Waals surface area contributed by atoms with Crippen molar-refractivity contribution in [1.82, 2.24) is 0 Å². The number of nitrogens with one attached hydrogen (secondary N) is 1. The van der Waals surface area contributed by atoms with Crippen molar-refractivity contribution >= 4 is 17.6 Å². The third-order valence-corrected chi connectivity index (χ3v) is 6.66. The van der Waals surface area contributed by atoms with E-state index >= 15 is 0 Å². The lowest BCUT2D eigenvalue weighted by Crippen LogP contribution is -2.56. The number of anilines is 1. The summed E-state index contributed by atoms with van der Waals surface area (Å²) in [5, 5.41) is 13.5. The normalized spacial score (nSPS) is 32.8. The van der Waals surface area contributed by atoms with Crippen LogP contribution in [0.25, 0.3) is 0 Å². The summed E-state index contributed by atoms with van der Waals surface area (Å²) < 4.78 is 10.5. The van der Waals surface area contributed by atoms with Crippen LogP contribution in [-0.4, -0.2) is 36.3 Å². The van der Waals surface area contributed by atoms with Crippen LogP contribution in [0.4, 0.5) is 5.69 Å². The van der Waals surface area contributed by atoms with E-state index in [0.29, 0.717) is 36.1 Å². The fraction of sp³-hybridized carbons (Fsp3) is 0.636. The molecule has 0 heterocycles. The predicted molar refractivity (Wildman–Crippen MR) is 104 cm³/mol. The highest BCUT2D eigenvalue weighted by Crippen LogP contribution is 2.62. The van der Waals surface area contributed by atoms with Gasteiger partial charge in [-0.2, -0.15) is 0 Å². The molecule has 4 atom stereocenters. The van der Waals surface area contributed by atoms with E-state index in [1.165, 1.54) is 6.42 Å². The highest BCUT2D eigenvalue weighted by atomic mass is 16.5. The van der Waals surface area contributed by atoms with Crippen LogP contribution >= 0.6 is 0 Å². The molecule has 6 nitrogen and oxygen atoms in total. The first-order valence-electron chi connectivity index (χ1n) is 10.1. The molecule has 0 saturated heterocycles. The SMILES string of the molecule is COc1ccc(C)cc1NC(=O)COC(=O)CC12C[C@@H]3C[C@@H](CC(O)(C3)C1)C2. The molecule has 1 aromatic carbocycles. The largest absolute Gasteiger partial charge is 0.495 e. The number of hydrogen-bond acceptors (Lipinski definition) is 5. The molecule has 5 rings (SSSR count). The Balaban J connectivity index is 1.31. The molecule has 6 heteroatoms. The van der Waals surface area contributed by atoms with Gasteiger partial charge in [0.15, 0.2) is 6.61 Å². The quantitative estimate of drug-likeness (QED) is 0.732. The zero-order valence-corrected chi connectivity index (χ0v) is 16.6. The van der Waals surface area contributed by atoms with Gasteiger partial charge in [0.05, 0.1) is 24.8 Å². The highest BCUT2D eigenvalue weighted by Gasteiger charge is 2.57. The van der Waals surface area contributed by atoms with E-state index in [-0.39, 0.29) is 23.9 Å². The first-order valence-corrected chi connectivity index (χ1v) is 10.1. The van der Waals surface area contributed by atoms with Crippen LogP contribution in [0.1, 0.15) is 50.5 Å². The van der Waals surface area contributed by atoms with Gasteiger partial charge >= 0.3 is 5.97 Å². The monoisotopic (exact) mass is 387 g/mol. The van der Waals surface area contributed by atoms with Crippen molar-refractivity contribution < 1.29 is 24.2 Å². The van der Waals surface area contributed by atoms with Crippen molar-refractivity contribution in [2.45, 2.75) is 57.5 Å². The molecule has 0 aliphatic heterocycles. The summed E-state index contributed by atoms with van der Waals surface area (Å²) >= 11 is 0. The number of hydrogen-bond donors (Lipinski definition) is 2. The van der Waals surface area contributed by atoms with Gasteiger partial charge in [0, 0.05) is 0 Å². The van der Waals surface area contributed by atoms with Crippen LogP contribution in [-0.2, 0) is 14.3 Å². The summed E-state index contributed by atoms with van der Waals surface area (Å²) in [4.78, 5) is 24.7. The number of benzene rings is 1. The van der Waals surface area contributed by atoms with E-state index in [0.717, 1.165) is 31.2 Å². The maximum absolute atomic E-state index is 12.5. The molecular formula is C22H29NO5. The first-order chi connectivity index (χ1) is 13.3. The average Bonchev–Trinajstić information content (AvgIpc) is 2.57. The van der Waals surface area contributed by atoms with Gasteiger partial charge < -0.3 is 19.9 Å². The number of ether oxygens (including phenoxy) is 2. The van der Waals surface area contributed by atoms with Crippen molar-refractivity contribution in [1.29, 1.82) is 0 Å². The first kappa shape index (κ1) is 19.2. The molecule has 28 heavy (non-hydrogen) atoms. The number of esters is 1. The van der Waals surface area contributed by atoms with Crippen LogP contribution < -0.4 is 10.1 Å². The second-order valence-electron chi connectivity index (χ2n) is 9.27. The smallest absolute Gasteiger partial charge is 0.306 e. The Hall–Kier alpha value is -2.08. The van der Waals surface area contributed by atoms with Gasteiger partial charge in [-0.15, -0.1) is 0 Å². The molecular weight excluding hydrogens is 358 g/mol. The Labute approximate surface area is 165 Å². The molecule has 4 fully saturated rings.